The highest BCUT2D eigenvalue weighted by atomic mass is 16.5. The van der Waals surface area contributed by atoms with Gasteiger partial charge in [0.15, 0.2) is 0 Å². The molecule has 1 aliphatic rings. The van der Waals surface area contributed by atoms with Crippen LogP contribution < -0.4 is 5.32 Å². The van der Waals surface area contributed by atoms with Crippen LogP contribution in [0.4, 0.5) is 5.69 Å². The average molecular weight is 366 g/mol. The van der Waals surface area contributed by atoms with Crippen molar-refractivity contribution in [1.29, 1.82) is 0 Å². The van der Waals surface area contributed by atoms with Crippen LogP contribution in [-0.4, -0.2) is 43.0 Å². The number of carbonyl (C=O) groups is 2. The minimum Gasteiger partial charge on any atom is -0.466 e. The largest absolute Gasteiger partial charge is 0.466 e. The number of carbonyl (C=O) groups excluding carboxylic acids is 2. The number of likely N-dealkylation sites (tertiary alicyclic amines) is 1. The zero-order valence-corrected chi connectivity index (χ0v) is 15.7. The van der Waals surface area contributed by atoms with Gasteiger partial charge in [-0.3, -0.25) is 14.5 Å². The number of nitrogens with one attached hydrogen (secondary N) is 1. The number of ether oxygens (including phenoxy) is 1. The van der Waals surface area contributed by atoms with E-state index in [1.54, 1.807) is 0 Å². The quantitative estimate of drug-likeness (QED) is 0.794. The lowest BCUT2D eigenvalue weighted by atomic mass is 9.98. The third-order valence-corrected chi connectivity index (χ3v) is 4.77. The van der Waals surface area contributed by atoms with E-state index in [-0.39, 0.29) is 24.3 Å². The molecule has 1 heterocycles. The van der Waals surface area contributed by atoms with Gasteiger partial charge in [0.1, 0.15) is 0 Å². The van der Waals surface area contributed by atoms with Gasteiger partial charge in [0.2, 0.25) is 5.91 Å². The zero-order chi connectivity index (χ0) is 19.1. The first-order valence-electron chi connectivity index (χ1n) is 9.50. The molecule has 142 valence electrons. The number of anilines is 1. The fraction of sp³-hybridized carbons (Fsp3) is 0.364. The van der Waals surface area contributed by atoms with Crippen LogP contribution in [0.2, 0.25) is 0 Å². The standard InChI is InChI=1S/C22H26N2O3/c1-2-27-22(26)19-9-6-14-24(15-19)16-21(25)23-20-12-10-18(11-13-20)17-7-4-3-5-8-17/h3-5,7-8,10-13,19H,2,6,9,14-16H2,1H3,(H,23,25). The van der Waals surface area contributed by atoms with E-state index in [4.69, 9.17) is 4.74 Å². The van der Waals surface area contributed by atoms with E-state index in [2.05, 4.69) is 17.4 Å². The predicted octanol–water partition coefficient (Wildman–Crippen LogP) is 3.57. The molecule has 1 saturated heterocycles. The van der Waals surface area contributed by atoms with Crippen LogP contribution in [-0.2, 0) is 14.3 Å². The van der Waals surface area contributed by atoms with Gasteiger partial charge in [0.25, 0.3) is 0 Å². The van der Waals surface area contributed by atoms with Gasteiger partial charge in [-0.25, -0.2) is 0 Å². The summed E-state index contributed by atoms with van der Waals surface area (Å²) >= 11 is 0. The molecule has 1 amide bonds. The molecule has 1 unspecified atom stereocenters. The lowest BCUT2D eigenvalue weighted by molar-refractivity contribution is -0.150. The maximum absolute atomic E-state index is 12.4. The van der Waals surface area contributed by atoms with Crippen molar-refractivity contribution in [1.82, 2.24) is 4.90 Å². The SMILES string of the molecule is CCOC(=O)C1CCCN(CC(=O)Nc2ccc(-c3ccccc3)cc2)C1. The fourth-order valence-electron chi connectivity index (χ4n) is 3.43. The van der Waals surface area contributed by atoms with E-state index in [0.29, 0.717) is 13.2 Å². The number of nitrogens with zero attached hydrogens (tertiary/aromatic N) is 1. The Hall–Kier alpha value is -2.66. The van der Waals surface area contributed by atoms with E-state index in [0.717, 1.165) is 36.2 Å². The van der Waals surface area contributed by atoms with Crippen molar-refractivity contribution < 1.29 is 14.3 Å². The average Bonchev–Trinajstić information content (AvgIpc) is 2.69. The Kier molecular flexibility index (Phi) is 6.60. The molecule has 5 heteroatoms. The summed E-state index contributed by atoms with van der Waals surface area (Å²) in [5.41, 5.74) is 3.04. The second-order valence-corrected chi connectivity index (χ2v) is 6.82. The molecule has 0 aromatic heterocycles. The van der Waals surface area contributed by atoms with Gasteiger partial charge in [-0.2, -0.15) is 0 Å². The number of benzene rings is 2. The van der Waals surface area contributed by atoms with E-state index in [9.17, 15) is 9.59 Å². The molecule has 1 atom stereocenters. The van der Waals surface area contributed by atoms with Crippen LogP contribution >= 0.6 is 0 Å². The van der Waals surface area contributed by atoms with Gasteiger partial charge in [-0.1, -0.05) is 42.5 Å². The Morgan fingerprint density at radius 3 is 2.48 bits per heavy atom. The number of piperidine rings is 1. The first-order valence-corrected chi connectivity index (χ1v) is 9.50. The zero-order valence-electron chi connectivity index (χ0n) is 15.7. The third kappa shape index (κ3) is 5.41. The van der Waals surface area contributed by atoms with Crippen LogP contribution in [0.1, 0.15) is 19.8 Å². The minimum absolute atomic E-state index is 0.0630. The summed E-state index contributed by atoms with van der Waals surface area (Å²) in [5.74, 6) is -0.345. The van der Waals surface area contributed by atoms with Crippen molar-refractivity contribution in [3.05, 3.63) is 54.6 Å². The van der Waals surface area contributed by atoms with Crippen molar-refractivity contribution >= 4 is 17.6 Å². The summed E-state index contributed by atoms with van der Waals surface area (Å²) in [6.45, 7) is 3.91. The summed E-state index contributed by atoms with van der Waals surface area (Å²) in [6.07, 6.45) is 1.74. The molecule has 0 aliphatic carbocycles. The molecular weight excluding hydrogens is 340 g/mol. The fourth-order valence-corrected chi connectivity index (χ4v) is 3.43. The summed E-state index contributed by atoms with van der Waals surface area (Å²) in [5, 5.41) is 2.94. The first kappa shape index (κ1) is 19.1. The molecule has 27 heavy (non-hydrogen) atoms. The van der Waals surface area contributed by atoms with Gasteiger partial charge in [-0.15, -0.1) is 0 Å². The summed E-state index contributed by atoms with van der Waals surface area (Å²) < 4.78 is 5.11. The Bertz CT molecular complexity index is 759. The number of rotatable bonds is 6. The third-order valence-electron chi connectivity index (χ3n) is 4.77. The van der Waals surface area contributed by atoms with Gasteiger partial charge in [0, 0.05) is 12.2 Å². The molecule has 0 bridgehead atoms. The number of amides is 1. The second-order valence-electron chi connectivity index (χ2n) is 6.82. The Balaban J connectivity index is 1.52. The number of esters is 1. The van der Waals surface area contributed by atoms with E-state index in [1.165, 1.54) is 0 Å². The molecule has 0 radical (unpaired) electrons. The predicted molar refractivity (Wildman–Crippen MR) is 106 cm³/mol. The van der Waals surface area contributed by atoms with Crippen molar-refractivity contribution in [3.63, 3.8) is 0 Å². The van der Waals surface area contributed by atoms with E-state index in [1.807, 2.05) is 54.3 Å². The maximum atomic E-state index is 12.4. The van der Waals surface area contributed by atoms with Gasteiger partial charge >= 0.3 is 5.97 Å². The normalized spacial score (nSPS) is 17.3. The highest BCUT2D eigenvalue weighted by Gasteiger charge is 2.27. The summed E-state index contributed by atoms with van der Waals surface area (Å²) in [7, 11) is 0. The highest BCUT2D eigenvalue weighted by molar-refractivity contribution is 5.92. The molecule has 3 rings (SSSR count). The maximum Gasteiger partial charge on any atom is 0.310 e. The van der Waals surface area contributed by atoms with Gasteiger partial charge in [0.05, 0.1) is 19.1 Å². The molecule has 2 aromatic carbocycles. The van der Waals surface area contributed by atoms with Gasteiger partial charge < -0.3 is 10.1 Å². The topological polar surface area (TPSA) is 58.6 Å². The lowest BCUT2D eigenvalue weighted by Gasteiger charge is -2.30. The van der Waals surface area contributed by atoms with Crippen LogP contribution in [0.15, 0.2) is 54.6 Å². The van der Waals surface area contributed by atoms with Crippen molar-refractivity contribution in [2.45, 2.75) is 19.8 Å². The van der Waals surface area contributed by atoms with Crippen LogP contribution in [0.25, 0.3) is 11.1 Å². The monoisotopic (exact) mass is 366 g/mol. The van der Waals surface area contributed by atoms with Crippen molar-refractivity contribution in [2.75, 3.05) is 31.6 Å². The van der Waals surface area contributed by atoms with Gasteiger partial charge in [-0.05, 0) is 49.6 Å². The van der Waals surface area contributed by atoms with Crippen LogP contribution in [0, 0.1) is 5.92 Å². The molecule has 5 nitrogen and oxygen atoms in total. The molecule has 0 spiro atoms. The molecule has 1 fully saturated rings. The van der Waals surface area contributed by atoms with E-state index < -0.39 is 0 Å². The number of hydrogen-bond acceptors (Lipinski definition) is 4. The van der Waals surface area contributed by atoms with Crippen molar-refractivity contribution in [2.24, 2.45) is 5.92 Å². The second kappa shape index (κ2) is 9.33. The molecule has 1 aliphatic heterocycles. The highest BCUT2D eigenvalue weighted by Crippen LogP contribution is 2.21. The smallest absolute Gasteiger partial charge is 0.310 e. The Morgan fingerprint density at radius 2 is 1.78 bits per heavy atom. The molecule has 1 N–H and O–H groups in total. The van der Waals surface area contributed by atoms with Crippen LogP contribution in [0.3, 0.4) is 0 Å². The van der Waals surface area contributed by atoms with Crippen LogP contribution in [0.5, 0.6) is 0 Å². The molecule has 2 aromatic rings. The van der Waals surface area contributed by atoms with E-state index >= 15 is 0 Å². The first-order chi connectivity index (χ1) is 13.2. The summed E-state index contributed by atoms with van der Waals surface area (Å²) in [4.78, 5) is 26.3. The Labute approximate surface area is 160 Å². The summed E-state index contributed by atoms with van der Waals surface area (Å²) in [6, 6.07) is 18.0. The molecule has 0 saturated carbocycles. The Morgan fingerprint density at radius 1 is 1.07 bits per heavy atom. The van der Waals surface area contributed by atoms with Crippen molar-refractivity contribution in [3.8, 4) is 11.1 Å². The molecular formula is C22H26N2O3. The minimum atomic E-state index is -0.154. The number of hydrogen-bond donors (Lipinski definition) is 1. The lowest BCUT2D eigenvalue weighted by Crippen LogP contribution is -2.43.